The second kappa shape index (κ2) is 5.97. The van der Waals surface area contributed by atoms with Gasteiger partial charge in [-0.15, -0.1) is 0 Å². The molecule has 0 saturated carbocycles. The van der Waals surface area contributed by atoms with E-state index < -0.39 is 0 Å². The number of anilines is 1. The Labute approximate surface area is 129 Å². The molecule has 22 heavy (non-hydrogen) atoms. The third-order valence-electron chi connectivity index (χ3n) is 3.61. The van der Waals surface area contributed by atoms with Crippen LogP contribution in [0.4, 0.5) is 5.69 Å². The summed E-state index contributed by atoms with van der Waals surface area (Å²) in [7, 11) is 3.12. The van der Waals surface area contributed by atoms with Gasteiger partial charge in [0.1, 0.15) is 23.9 Å². The zero-order valence-corrected chi connectivity index (χ0v) is 12.5. The van der Waals surface area contributed by atoms with Gasteiger partial charge in [0.2, 0.25) is 0 Å². The summed E-state index contributed by atoms with van der Waals surface area (Å²) >= 11 is 0. The van der Waals surface area contributed by atoms with Gasteiger partial charge in [-0.2, -0.15) is 0 Å². The van der Waals surface area contributed by atoms with Gasteiger partial charge in [-0.05, 0) is 24.3 Å². The Balaban J connectivity index is 1.99. The molecule has 0 aromatic heterocycles. The molecular weight excluding hydrogens is 282 g/mol. The van der Waals surface area contributed by atoms with Crippen molar-refractivity contribution in [1.82, 2.24) is 0 Å². The molecule has 5 heteroatoms. The first-order chi connectivity index (χ1) is 10.7. The van der Waals surface area contributed by atoms with Gasteiger partial charge in [-0.1, -0.05) is 12.1 Å². The van der Waals surface area contributed by atoms with Crippen LogP contribution in [0.25, 0.3) is 0 Å². The maximum Gasteiger partial charge on any atom is 0.262 e. The molecule has 1 aliphatic rings. The molecule has 0 fully saturated rings. The Morgan fingerprint density at radius 2 is 1.95 bits per heavy atom. The summed E-state index contributed by atoms with van der Waals surface area (Å²) in [6, 6.07) is 12.7. The van der Waals surface area contributed by atoms with Crippen molar-refractivity contribution in [2.24, 2.45) is 0 Å². The van der Waals surface area contributed by atoms with E-state index in [1.54, 1.807) is 37.3 Å². The van der Waals surface area contributed by atoms with Crippen molar-refractivity contribution < 1.29 is 19.0 Å². The van der Waals surface area contributed by atoms with E-state index in [1.165, 1.54) is 0 Å². The number of carbonyl (C=O) groups excluding carboxylic acids is 1. The number of amides is 1. The predicted molar refractivity (Wildman–Crippen MR) is 83.2 cm³/mol. The van der Waals surface area contributed by atoms with E-state index in [0.717, 1.165) is 11.4 Å². The molecule has 0 aliphatic carbocycles. The van der Waals surface area contributed by atoms with Crippen molar-refractivity contribution in [3.63, 3.8) is 0 Å². The number of benzene rings is 2. The van der Waals surface area contributed by atoms with Crippen LogP contribution in [0.3, 0.4) is 0 Å². The third kappa shape index (κ3) is 2.45. The first-order valence-corrected chi connectivity index (χ1v) is 7.00. The number of methoxy groups -OCH3 is 2. The molecule has 1 aliphatic heterocycles. The number of rotatable bonds is 3. The molecule has 0 saturated heterocycles. The first kappa shape index (κ1) is 14.3. The SMILES string of the molecule is COc1ccc(C(=O)N2CCOc3ccccc32)c(OC)c1. The summed E-state index contributed by atoms with van der Waals surface area (Å²) in [6.45, 7) is 0.978. The number of hydrogen-bond donors (Lipinski definition) is 0. The largest absolute Gasteiger partial charge is 0.497 e. The summed E-state index contributed by atoms with van der Waals surface area (Å²) in [5, 5.41) is 0. The van der Waals surface area contributed by atoms with Crippen molar-refractivity contribution in [2.45, 2.75) is 0 Å². The van der Waals surface area contributed by atoms with Crippen molar-refractivity contribution in [3.8, 4) is 17.2 Å². The third-order valence-corrected chi connectivity index (χ3v) is 3.61. The quantitative estimate of drug-likeness (QED) is 0.874. The molecule has 3 rings (SSSR count). The molecule has 0 radical (unpaired) electrons. The van der Waals surface area contributed by atoms with Crippen LogP contribution in [-0.4, -0.2) is 33.3 Å². The smallest absolute Gasteiger partial charge is 0.262 e. The fraction of sp³-hybridized carbons (Fsp3) is 0.235. The Hall–Kier alpha value is -2.69. The highest BCUT2D eigenvalue weighted by molar-refractivity contribution is 6.09. The van der Waals surface area contributed by atoms with Gasteiger partial charge in [0, 0.05) is 6.07 Å². The molecule has 0 N–H and O–H groups in total. The minimum atomic E-state index is -0.116. The maximum atomic E-state index is 12.9. The van der Waals surface area contributed by atoms with Gasteiger partial charge in [-0.3, -0.25) is 4.79 Å². The van der Waals surface area contributed by atoms with Crippen LogP contribution >= 0.6 is 0 Å². The van der Waals surface area contributed by atoms with Crippen LogP contribution in [0, 0.1) is 0 Å². The van der Waals surface area contributed by atoms with Gasteiger partial charge in [0.15, 0.2) is 0 Å². The summed E-state index contributed by atoms with van der Waals surface area (Å²) < 4.78 is 16.1. The molecule has 1 amide bonds. The van der Waals surface area contributed by atoms with Crippen molar-refractivity contribution >= 4 is 11.6 Å². The highest BCUT2D eigenvalue weighted by Crippen LogP contribution is 2.34. The van der Waals surface area contributed by atoms with Crippen LogP contribution < -0.4 is 19.1 Å². The van der Waals surface area contributed by atoms with Crippen molar-refractivity contribution in [2.75, 3.05) is 32.3 Å². The van der Waals surface area contributed by atoms with Crippen LogP contribution in [0.5, 0.6) is 17.2 Å². The topological polar surface area (TPSA) is 48.0 Å². The summed E-state index contributed by atoms with van der Waals surface area (Å²) in [5.74, 6) is 1.74. The van der Waals surface area contributed by atoms with Crippen LogP contribution in [0.2, 0.25) is 0 Å². The highest BCUT2D eigenvalue weighted by Gasteiger charge is 2.26. The van der Waals surface area contributed by atoms with Crippen molar-refractivity contribution in [3.05, 3.63) is 48.0 Å². The number of fused-ring (bicyclic) bond motifs is 1. The van der Waals surface area contributed by atoms with Crippen LogP contribution in [-0.2, 0) is 0 Å². The van der Waals surface area contributed by atoms with E-state index in [2.05, 4.69) is 0 Å². The fourth-order valence-corrected chi connectivity index (χ4v) is 2.50. The van der Waals surface area contributed by atoms with E-state index in [1.807, 2.05) is 24.3 Å². The standard InChI is InChI=1S/C17H17NO4/c1-20-12-7-8-13(16(11-12)21-2)17(19)18-9-10-22-15-6-4-3-5-14(15)18/h3-8,11H,9-10H2,1-2H3. The predicted octanol–water partition coefficient (Wildman–Crippen LogP) is 2.74. The lowest BCUT2D eigenvalue weighted by molar-refractivity contribution is 0.0973. The van der Waals surface area contributed by atoms with Gasteiger partial charge in [0.25, 0.3) is 5.91 Å². The van der Waals surface area contributed by atoms with E-state index in [0.29, 0.717) is 30.2 Å². The molecule has 2 aromatic rings. The molecule has 0 atom stereocenters. The van der Waals surface area contributed by atoms with E-state index >= 15 is 0 Å². The molecule has 5 nitrogen and oxygen atoms in total. The van der Waals surface area contributed by atoms with E-state index in [4.69, 9.17) is 14.2 Å². The number of carbonyl (C=O) groups is 1. The number of hydrogen-bond acceptors (Lipinski definition) is 4. The Bertz CT molecular complexity index is 699. The van der Waals surface area contributed by atoms with E-state index in [-0.39, 0.29) is 5.91 Å². The normalized spacial score (nSPS) is 13.1. The molecule has 0 bridgehead atoms. The second-order valence-electron chi connectivity index (χ2n) is 4.84. The molecule has 0 unspecified atom stereocenters. The van der Waals surface area contributed by atoms with Gasteiger partial charge in [0.05, 0.1) is 32.0 Å². The zero-order valence-electron chi connectivity index (χ0n) is 12.5. The fourth-order valence-electron chi connectivity index (χ4n) is 2.50. The minimum Gasteiger partial charge on any atom is -0.497 e. The number of nitrogens with zero attached hydrogens (tertiary/aromatic N) is 1. The molecular formula is C17H17NO4. The molecule has 2 aromatic carbocycles. The lowest BCUT2D eigenvalue weighted by atomic mass is 10.1. The summed E-state index contributed by atoms with van der Waals surface area (Å²) in [6.07, 6.45) is 0. The summed E-state index contributed by atoms with van der Waals surface area (Å²) in [4.78, 5) is 14.6. The average molecular weight is 299 g/mol. The van der Waals surface area contributed by atoms with Gasteiger partial charge >= 0.3 is 0 Å². The lowest BCUT2D eigenvalue weighted by Crippen LogP contribution is -2.38. The number of ether oxygens (including phenoxy) is 3. The molecule has 1 heterocycles. The maximum absolute atomic E-state index is 12.9. The Kier molecular flexibility index (Phi) is 3.87. The van der Waals surface area contributed by atoms with Crippen LogP contribution in [0.15, 0.2) is 42.5 Å². The average Bonchev–Trinajstić information content (AvgIpc) is 2.60. The highest BCUT2D eigenvalue weighted by atomic mass is 16.5. The number of para-hydroxylation sites is 2. The Morgan fingerprint density at radius 1 is 1.14 bits per heavy atom. The molecule has 0 spiro atoms. The minimum absolute atomic E-state index is 0.116. The molecule has 114 valence electrons. The van der Waals surface area contributed by atoms with Crippen molar-refractivity contribution in [1.29, 1.82) is 0 Å². The zero-order chi connectivity index (χ0) is 15.5. The van der Waals surface area contributed by atoms with Gasteiger partial charge < -0.3 is 19.1 Å². The Morgan fingerprint density at radius 3 is 2.73 bits per heavy atom. The lowest BCUT2D eigenvalue weighted by Gasteiger charge is -2.29. The second-order valence-corrected chi connectivity index (χ2v) is 4.84. The monoisotopic (exact) mass is 299 g/mol. The first-order valence-electron chi connectivity index (χ1n) is 7.00. The van der Waals surface area contributed by atoms with Gasteiger partial charge in [-0.25, -0.2) is 0 Å². The summed E-state index contributed by atoms with van der Waals surface area (Å²) in [5.41, 5.74) is 1.27. The van der Waals surface area contributed by atoms with Crippen LogP contribution in [0.1, 0.15) is 10.4 Å². The van der Waals surface area contributed by atoms with E-state index in [9.17, 15) is 4.79 Å².